The fourth-order valence-electron chi connectivity index (χ4n) is 3.97. The highest BCUT2D eigenvalue weighted by Gasteiger charge is 2.38. The summed E-state index contributed by atoms with van der Waals surface area (Å²) >= 11 is 0. The first-order valence-electron chi connectivity index (χ1n) is 8.39. The zero-order chi connectivity index (χ0) is 15.5. The van der Waals surface area contributed by atoms with Crippen molar-refractivity contribution in [3.8, 4) is 0 Å². The van der Waals surface area contributed by atoms with Crippen LogP contribution in [-0.2, 0) is 6.54 Å². The van der Waals surface area contributed by atoms with Crippen LogP contribution in [0.25, 0.3) is 0 Å². The average molecular weight is 292 g/mol. The van der Waals surface area contributed by atoms with Crippen LogP contribution in [0.4, 0.5) is 0 Å². The van der Waals surface area contributed by atoms with Gasteiger partial charge in [-0.3, -0.25) is 0 Å². The van der Waals surface area contributed by atoms with Crippen molar-refractivity contribution in [1.82, 2.24) is 10.2 Å². The molecule has 0 aliphatic heterocycles. The Labute approximate surface area is 130 Å². The summed E-state index contributed by atoms with van der Waals surface area (Å²) in [6, 6.07) is 2.72. The molecule has 2 unspecified atom stereocenters. The third-order valence-corrected chi connectivity index (χ3v) is 5.09. The van der Waals surface area contributed by atoms with E-state index in [1.807, 2.05) is 6.92 Å². The van der Waals surface area contributed by atoms with Gasteiger partial charge in [-0.05, 0) is 50.8 Å². The second kappa shape index (κ2) is 6.97. The Morgan fingerprint density at radius 1 is 1.43 bits per heavy atom. The number of rotatable bonds is 6. The highest BCUT2D eigenvalue weighted by molar-refractivity contribution is 5.15. The lowest BCUT2D eigenvalue weighted by Crippen LogP contribution is -2.52. The number of nitrogens with one attached hydrogen (secondary N) is 1. The third-order valence-electron chi connectivity index (χ3n) is 5.09. The Morgan fingerprint density at radius 2 is 2.19 bits per heavy atom. The van der Waals surface area contributed by atoms with Crippen molar-refractivity contribution in [3.63, 3.8) is 0 Å². The van der Waals surface area contributed by atoms with Crippen molar-refractivity contribution in [2.24, 2.45) is 11.3 Å². The van der Waals surface area contributed by atoms with Crippen molar-refractivity contribution in [2.75, 3.05) is 20.1 Å². The van der Waals surface area contributed by atoms with E-state index >= 15 is 0 Å². The zero-order valence-electron chi connectivity index (χ0n) is 14.4. The van der Waals surface area contributed by atoms with E-state index in [-0.39, 0.29) is 0 Å². The summed E-state index contributed by atoms with van der Waals surface area (Å²) in [6.07, 6.45) is 5.84. The van der Waals surface area contributed by atoms with E-state index < -0.39 is 0 Å². The predicted octanol–water partition coefficient (Wildman–Crippen LogP) is 3.82. The minimum atomic E-state index is 0.408. The Morgan fingerprint density at radius 3 is 2.81 bits per heavy atom. The van der Waals surface area contributed by atoms with Gasteiger partial charge in [-0.15, -0.1) is 0 Å². The van der Waals surface area contributed by atoms with Crippen molar-refractivity contribution >= 4 is 0 Å². The molecule has 0 saturated heterocycles. The van der Waals surface area contributed by atoms with Crippen LogP contribution in [0.1, 0.15) is 51.4 Å². The SMILES string of the molecule is CCNC1C(CN(C)Cc2ccoc2C)CCCC1(C)C. The number of furan rings is 1. The van der Waals surface area contributed by atoms with E-state index in [2.05, 4.69) is 44.1 Å². The molecule has 1 aliphatic rings. The Bertz CT molecular complexity index is 438. The van der Waals surface area contributed by atoms with Gasteiger partial charge in [-0.25, -0.2) is 0 Å². The smallest absolute Gasteiger partial charge is 0.105 e. The first-order valence-corrected chi connectivity index (χ1v) is 8.39. The van der Waals surface area contributed by atoms with Gasteiger partial charge < -0.3 is 14.6 Å². The molecule has 0 aromatic carbocycles. The maximum Gasteiger partial charge on any atom is 0.105 e. The van der Waals surface area contributed by atoms with Crippen LogP contribution in [0.15, 0.2) is 16.7 Å². The third kappa shape index (κ3) is 4.10. The lowest BCUT2D eigenvalue weighted by atomic mass is 9.67. The van der Waals surface area contributed by atoms with Crippen LogP contribution in [0.5, 0.6) is 0 Å². The molecule has 1 fully saturated rings. The predicted molar refractivity (Wildman–Crippen MR) is 88.4 cm³/mol. The normalized spacial score (nSPS) is 25.4. The van der Waals surface area contributed by atoms with Gasteiger partial charge in [0.1, 0.15) is 5.76 Å². The van der Waals surface area contributed by atoms with Crippen LogP contribution in [-0.4, -0.2) is 31.1 Å². The number of hydrogen-bond acceptors (Lipinski definition) is 3. The van der Waals surface area contributed by atoms with Crippen LogP contribution < -0.4 is 5.32 Å². The van der Waals surface area contributed by atoms with Gasteiger partial charge in [0, 0.05) is 24.7 Å². The number of nitrogens with zero attached hydrogens (tertiary/aromatic N) is 1. The van der Waals surface area contributed by atoms with Crippen LogP contribution >= 0.6 is 0 Å². The van der Waals surface area contributed by atoms with Gasteiger partial charge in [-0.1, -0.05) is 27.2 Å². The van der Waals surface area contributed by atoms with Crippen molar-refractivity contribution in [1.29, 1.82) is 0 Å². The minimum absolute atomic E-state index is 0.408. The highest BCUT2D eigenvalue weighted by Crippen LogP contribution is 2.39. The van der Waals surface area contributed by atoms with E-state index in [9.17, 15) is 0 Å². The molecule has 0 amide bonds. The molecule has 1 aliphatic carbocycles. The van der Waals surface area contributed by atoms with Crippen molar-refractivity contribution in [2.45, 2.75) is 59.5 Å². The molecule has 0 bridgehead atoms. The summed E-state index contributed by atoms with van der Waals surface area (Å²) in [7, 11) is 2.23. The highest BCUT2D eigenvalue weighted by atomic mass is 16.3. The second-order valence-corrected chi connectivity index (χ2v) is 7.38. The van der Waals surface area contributed by atoms with Crippen molar-refractivity contribution in [3.05, 3.63) is 23.7 Å². The molecule has 21 heavy (non-hydrogen) atoms. The average Bonchev–Trinajstić information content (AvgIpc) is 2.79. The summed E-state index contributed by atoms with van der Waals surface area (Å²) in [5.74, 6) is 1.79. The Kier molecular flexibility index (Phi) is 5.50. The van der Waals surface area contributed by atoms with Gasteiger partial charge in [0.25, 0.3) is 0 Å². The van der Waals surface area contributed by atoms with Gasteiger partial charge in [0.15, 0.2) is 0 Å². The van der Waals surface area contributed by atoms with Crippen LogP contribution in [0, 0.1) is 18.3 Å². The quantitative estimate of drug-likeness (QED) is 0.864. The van der Waals surface area contributed by atoms with E-state index in [0.29, 0.717) is 11.5 Å². The monoisotopic (exact) mass is 292 g/mol. The molecular formula is C18H32N2O. The lowest BCUT2D eigenvalue weighted by Gasteiger charge is -2.45. The van der Waals surface area contributed by atoms with Crippen molar-refractivity contribution < 1.29 is 4.42 Å². The summed E-state index contributed by atoms with van der Waals surface area (Å²) in [5.41, 5.74) is 1.72. The molecule has 0 radical (unpaired) electrons. The van der Waals surface area contributed by atoms with E-state index in [0.717, 1.165) is 31.3 Å². The van der Waals surface area contributed by atoms with Gasteiger partial charge in [0.2, 0.25) is 0 Å². The summed E-state index contributed by atoms with van der Waals surface area (Å²) in [5, 5.41) is 3.76. The maximum absolute atomic E-state index is 5.41. The minimum Gasteiger partial charge on any atom is -0.469 e. The molecule has 3 heteroatoms. The lowest BCUT2D eigenvalue weighted by molar-refractivity contribution is 0.0847. The molecule has 120 valence electrons. The molecular weight excluding hydrogens is 260 g/mol. The van der Waals surface area contributed by atoms with Crippen LogP contribution in [0.2, 0.25) is 0 Å². The molecule has 1 aromatic rings. The van der Waals surface area contributed by atoms with E-state index in [1.165, 1.54) is 24.8 Å². The number of hydrogen-bond donors (Lipinski definition) is 1. The number of aryl methyl sites for hydroxylation is 1. The summed E-state index contributed by atoms with van der Waals surface area (Å²) in [6.45, 7) is 12.3. The first-order chi connectivity index (χ1) is 9.94. The molecule has 1 heterocycles. The zero-order valence-corrected chi connectivity index (χ0v) is 14.4. The molecule has 0 spiro atoms. The van der Waals surface area contributed by atoms with E-state index in [1.54, 1.807) is 6.26 Å². The van der Waals surface area contributed by atoms with Gasteiger partial charge in [-0.2, -0.15) is 0 Å². The topological polar surface area (TPSA) is 28.4 Å². The Hall–Kier alpha value is -0.800. The molecule has 1 saturated carbocycles. The molecule has 1 N–H and O–H groups in total. The maximum atomic E-state index is 5.41. The summed E-state index contributed by atoms with van der Waals surface area (Å²) < 4.78 is 5.41. The Balaban J connectivity index is 1.97. The molecule has 2 rings (SSSR count). The van der Waals surface area contributed by atoms with Gasteiger partial charge in [0.05, 0.1) is 6.26 Å². The fourth-order valence-corrected chi connectivity index (χ4v) is 3.97. The summed E-state index contributed by atoms with van der Waals surface area (Å²) in [4.78, 5) is 2.45. The van der Waals surface area contributed by atoms with E-state index in [4.69, 9.17) is 4.42 Å². The standard InChI is InChI=1S/C18H32N2O/c1-6-19-17-16(8-7-10-18(17,3)4)13-20(5)12-15-9-11-21-14(15)2/h9,11,16-17,19H,6-8,10,12-13H2,1-5H3. The fraction of sp³-hybridized carbons (Fsp3) is 0.778. The van der Waals surface area contributed by atoms with Gasteiger partial charge >= 0.3 is 0 Å². The largest absolute Gasteiger partial charge is 0.469 e. The molecule has 2 atom stereocenters. The molecule has 1 aromatic heterocycles. The van der Waals surface area contributed by atoms with Crippen LogP contribution in [0.3, 0.4) is 0 Å². The second-order valence-electron chi connectivity index (χ2n) is 7.38. The molecule has 3 nitrogen and oxygen atoms in total. The first kappa shape index (κ1) is 16.6.